The fourth-order valence-corrected chi connectivity index (χ4v) is 11.6. The molecular formula is C39H35N3O2P+. The monoisotopic (exact) mass is 608 g/mol. The molecule has 0 saturated carbocycles. The van der Waals surface area contributed by atoms with Crippen LogP contribution in [0.3, 0.4) is 0 Å². The predicted molar refractivity (Wildman–Crippen MR) is 185 cm³/mol. The third-order valence-electron chi connectivity index (χ3n) is 9.41. The fourth-order valence-electron chi connectivity index (χ4n) is 7.38. The molecule has 0 spiro atoms. The van der Waals surface area contributed by atoms with Gasteiger partial charge in [0.25, 0.3) is 16.9 Å². The van der Waals surface area contributed by atoms with Gasteiger partial charge in [-0.1, -0.05) is 78.4 Å². The molecule has 0 amide bonds. The molecule has 2 atom stereocenters. The third kappa shape index (κ3) is 4.74. The van der Waals surface area contributed by atoms with Crippen molar-refractivity contribution in [3.05, 3.63) is 155 Å². The molecule has 5 nitrogen and oxygen atoms in total. The SMILES string of the molecule is Cc1ccc(-c2nc([P+](c3ccccc3)(c3ccccc3)c3ccccc3)c(N3C[C@H]4C[C@@H](C3)c3cccc(=O)n3C4)o2)cc1. The number of aryl methyl sites for hydroxylation is 1. The normalized spacial score (nSPS) is 17.6. The summed E-state index contributed by atoms with van der Waals surface area (Å²) in [6.45, 7) is 4.41. The van der Waals surface area contributed by atoms with Crippen molar-refractivity contribution >= 4 is 34.5 Å². The maximum Gasteiger partial charge on any atom is 0.262 e. The van der Waals surface area contributed by atoms with Crippen LogP contribution in [0.15, 0.2) is 143 Å². The quantitative estimate of drug-likeness (QED) is 0.216. The highest BCUT2D eigenvalue weighted by molar-refractivity contribution is 8.01. The maximum absolute atomic E-state index is 12.8. The van der Waals surface area contributed by atoms with Crippen LogP contribution in [0.25, 0.3) is 11.5 Å². The summed E-state index contributed by atoms with van der Waals surface area (Å²) in [5.41, 5.74) is 4.38. The summed E-state index contributed by atoms with van der Waals surface area (Å²) in [6, 6.07) is 46.8. The molecular weight excluding hydrogens is 573 g/mol. The first-order chi connectivity index (χ1) is 22.1. The highest BCUT2D eigenvalue weighted by Gasteiger charge is 2.54. The number of hydrogen-bond acceptors (Lipinski definition) is 4. The highest BCUT2D eigenvalue weighted by atomic mass is 31.2. The topological polar surface area (TPSA) is 51.3 Å². The molecule has 8 rings (SSSR count). The summed E-state index contributed by atoms with van der Waals surface area (Å²) in [4.78, 5) is 20.8. The molecule has 6 aromatic rings. The van der Waals surface area contributed by atoms with Crippen LogP contribution >= 0.6 is 7.26 Å². The molecule has 4 aromatic carbocycles. The van der Waals surface area contributed by atoms with Crippen LogP contribution in [0.5, 0.6) is 0 Å². The van der Waals surface area contributed by atoms with E-state index in [2.05, 4.69) is 133 Å². The van der Waals surface area contributed by atoms with Crippen LogP contribution in [0, 0.1) is 12.8 Å². The molecule has 222 valence electrons. The van der Waals surface area contributed by atoms with Crippen molar-refractivity contribution < 1.29 is 4.42 Å². The van der Waals surface area contributed by atoms with E-state index in [1.165, 1.54) is 21.5 Å². The van der Waals surface area contributed by atoms with Gasteiger partial charge in [-0.2, -0.15) is 4.98 Å². The Morgan fingerprint density at radius 2 is 1.29 bits per heavy atom. The fraction of sp³-hybridized carbons (Fsp3) is 0.179. The summed E-state index contributed by atoms with van der Waals surface area (Å²) in [7, 11) is -2.52. The van der Waals surface area contributed by atoms with E-state index in [-0.39, 0.29) is 11.5 Å². The molecule has 2 bridgehead atoms. The summed E-state index contributed by atoms with van der Waals surface area (Å²) in [6.07, 6.45) is 1.07. The molecule has 4 heterocycles. The van der Waals surface area contributed by atoms with Crippen LogP contribution in [-0.2, 0) is 6.54 Å². The first kappa shape index (κ1) is 27.8. The van der Waals surface area contributed by atoms with Gasteiger partial charge >= 0.3 is 0 Å². The zero-order valence-electron chi connectivity index (χ0n) is 25.3. The Morgan fingerprint density at radius 1 is 0.689 bits per heavy atom. The second-order valence-electron chi connectivity index (χ2n) is 12.3. The van der Waals surface area contributed by atoms with Gasteiger partial charge in [-0.15, -0.1) is 0 Å². The lowest BCUT2D eigenvalue weighted by Gasteiger charge is -2.42. The summed E-state index contributed by atoms with van der Waals surface area (Å²) < 4.78 is 8.99. The zero-order chi connectivity index (χ0) is 30.4. The van der Waals surface area contributed by atoms with E-state index in [4.69, 9.17) is 9.40 Å². The number of anilines is 1. The smallest absolute Gasteiger partial charge is 0.262 e. The number of nitrogens with zero attached hydrogens (tertiary/aromatic N) is 3. The summed E-state index contributed by atoms with van der Waals surface area (Å²) in [5.74, 6) is 2.07. The zero-order valence-corrected chi connectivity index (χ0v) is 26.2. The average molecular weight is 609 g/mol. The summed E-state index contributed by atoms with van der Waals surface area (Å²) in [5, 5.41) is 3.71. The maximum atomic E-state index is 12.8. The van der Waals surface area contributed by atoms with Gasteiger partial charge in [-0.3, -0.25) is 4.79 Å². The molecule has 0 unspecified atom stereocenters. The van der Waals surface area contributed by atoms with Gasteiger partial charge in [0.1, 0.15) is 15.9 Å². The first-order valence-electron chi connectivity index (χ1n) is 15.7. The van der Waals surface area contributed by atoms with Gasteiger partial charge < -0.3 is 13.9 Å². The van der Waals surface area contributed by atoms with Gasteiger partial charge in [0.15, 0.2) is 7.26 Å². The minimum Gasteiger partial charge on any atom is -0.416 e. The predicted octanol–water partition coefficient (Wildman–Crippen LogP) is 6.05. The van der Waals surface area contributed by atoms with Gasteiger partial charge in [0.05, 0.1) is 0 Å². The van der Waals surface area contributed by atoms with Gasteiger partial charge in [-0.25, -0.2) is 0 Å². The van der Waals surface area contributed by atoms with Crippen LogP contribution in [-0.4, -0.2) is 22.6 Å². The van der Waals surface area contributed by atoms with Crippen LogP contribution in [0.2, 0.25) is 0 Å². The van der Waals surface area contributed by atoms with Crippen molar-refractivity contribution in [2.75, 3.05) is 18.0 Å². The number of hydrogen-bond donors (Lipinski definition) is 0. The van der Waals surface area contributed by atoms with Crippen molar-refractivity contribution in [1.82, 2.24) is 9.55 Å². The number of benzene rings is 4. The van der Waals surface area contributed by atoms with Crippen molar-refractivity contribution in [2.24, 2.45) is 5.92 Å². The number of oxazole rings is 1. The van der Waals surface area contributed by atoms with Crippen molar-refractivity contribution in [3.63, 3.8) is 0 Å². The molecule has 6 heteroatoms. The van der Waals surface area contributed by atoms with Crippen molar-refractivity contribution in [1.29, 1.82) is 0 Å². The van der Waals surface area contributed by atoms with E-state index in [9.17, 15) is 4.79 Å². The van der Waals surface area contributed by atoms with Crippen molar-refractivity contribution in [2.45, 2.75) is 25.8 Å². The molecule has 2 aliphatic rings. The number of fused-ring (bicyclic) bond motifs is 4. The molecule has 45 heavy (non-hydrogen) atoms. The Labute approximate surface area is 264 Å². The lowest BCUT2D eigenvalue weighted by molar-refractivity contribution is 0.275. The Bertz CT molecular complexity index is 1910. The summed E-state index contributed by atoms with van der Waals surface area (Å²) >= 11 is 0. The van der Waals surface area contributed by atoms with E-state index < -0.39 is 7.26 Å². The van der Waals surface area contributed by atoms with E-state index in [0.29, 0.717) is 11.8 Å². The number of rotatable bonds is 6. The standard InChI is InChI=1S/C39H35N3O2P/c1-28-20-22-30(23-21-28)37-40-38(39(44-37)41-25-29-24-31(27-41)35-18-11-19-36(43)42(35)26-29)45(32-12-5-2-6-13-32,33-14-7-3-8-15-33)34-16-9-4-10-17-34/h2-23,29,31H,24-27H2,1H3/q+1/t29-,31+/m1/s1. The Balaban J connectivity index is 1.39. The van der Waals surface area contributed by atoms with Crippen LogP contribution < -0.4 is 31.8 Å². The van der Waals surface area contributed by atoms with E-state index in [1.807, 2.05) is 10.6 Å². The third-order valence-corrected chi connectivity index (χ3v) is 13.6. The first-order valence-corrected chi connectivity index (χ1v) is 17.5. The van der Waals surface area contributed by atoms with Crippen molar-refractivity contribution in [3.8, 4) is 11.5 Å². The van der Waals surface area contributed by atoms with Gasteiger partial charge in [0, 0.05) is 42.9 Å². The number of aromatic nitrogens is 2. The minimum absolute atomic E-state index is 0.0971. The molecule has 0 N–H and O–H groups in total. The molecule has 1 saturated heterocycles. The van der Waals surface area contributed by atoms with E-state index in [1.54, 1.807) is 6.07 Å². The lowest BCUT2D eigenvalue weighted by Crippen LogP contribution is -2.49. The number of piperidine rings is 1. The molecule has 1 fully saturated rings. The van der Waals surface area contributed by atoms with Crippen LogP contribution in [0.1, 0.15) is 23.6 Å². The second kappa shape index (κ2) is 11.3. The van der Waals surface area contributed by atoms with Crippen LogP contribution in [0.4, 0.5) is 5.88 Å². The largest absolute Gasteiger partial charge is 0.416 e. The highest BCUT2D eigenvalue weighted by Crippen LogP contribution is 2.56. The van der Waals surface area contributed by atoms with Gasteiger partial charge in [-0.05, 0) is 73.9 Å². The molecule has 0 aliphatic carbocycles. The molecule has 0 radical (unpaired) electrons. The van der Waals surface area contributed by atoms with E-state index in [0.717, 1.165) is 48.6 Å². The Kier molecular flexibility index (Phi) is 6.99. The number of pyridine rings is 1. The molecule has 2 aliphatic heterocycles. The van der Waals surface area contributed by atoms with E-state index >= 15 is 0 Å². The minimum atomic E-state index is -2.52. The Morgan fingerprint density at radius 3 is 1.89 bits per heavy atom. The molecule has 2 aromatic heterocycles. The Hall–Kier alpha value is -4.73. The average Bonchev–Trinajstić information content (AvgIpc) is 3.53. The second-order valence-corrected chi connectivity index (χ2v) is 15.6. The lowest BCUT2D eigenvalue weighted by atomic mass is 9.83. The van der Waals surface area contributed by atoms with Gasteiger partial charge in [0.2, 0.25) is 5.89 Å².